The van der Waals surface area contributed by atoms with Crippen LogP contribution in [0.3, 0.4) is 0 Å². The Morgan fingerprint density at radius 1 is 0.971 bits per heavy atom. The molecule has 35 heavy (non-hydrogen) atoms. The Morgan fingerprint density at radius 2 is 1.66 bits per heavy atom. The molecule has 178 valence electrons. The van der Waals surface area contributed by atoms with Crippen LogP contribution in [0.25, 0.3) is 5.76 Å². The van der Waals surface area contributed by atoms with Gasteiger partial charge in [-0.05, 0) is 60.9 Å². The molecule has 2 N–H and O–H groups in total. The number of hydrogen-bond donors (Lipinski definition) is 2. The third kappa shape index (κ3) is 4.66. The van der Waals surface area contributed by atoms with Crippen molar-refractivity contribution in [3.8, 4) is 5.75 Å². The van der Waals surface area contributed by atoms with Crippen LogP contribution in [0.4, 0.5) is 5.69 Å². The number of aryl methyl sites for hydroxylation is 1. The second kappa shape index (κ2) is 9.85. The Balaban J connectivity index is 1.84. The number of carbonyl (C=O) groups is 3. The van der Waals surface area contributed by atoms with Crippen LogP contribution in [0.5, 0.6) is 5.75 Å². The molecular weight excluding hydrogens is 446 g/mol. The van der Waals surface area contributed by atoms with E-state index >= 15 is 0 Å². The zero-order valence-electron chi connectivity index (χ0n) is 19.4. The average Bonchev–Trinajstić information content (AvgIpc) is 3.11. The summed E-state index contributed by atoms with van der Waals surface area (Å²) < 4.78 is 5.57. The SMILES string of the molecule is CCOc1ccc(/C(O)=C2/C(=O)C(=O)N(c3ccc(CC(=O)O)cc3)C2c2ccccc2)cc1C. The van der Waals surface area contributed by atoms with Gasteiger partial charge < -0.3 is 14.9 Å². The molecule has 1 saturated heterocycles. The van der Waals surface area contributed by atoms with Crippen LogP contribution in [0.1, 0.15) is 35.2 Å². The van der Waals surface area contributed by atoms with Gasteiger partial charge in [-0.3, -0.25) is 19.3 Å². The number of nitrogens with zero attached hydrogens (tertiary/aromatic N) is 1. The van der Waals surface area contributed by atoms with Gasteiger partial charge in [0.15, 0.2) is 0 Å². The second-order valence-corrected chi connectivity index (χ2v) is 8.23. The monoisotopic (exact) mass is 471 g/mol. The first-order valence-electron chi connectivity index (χ1n) is 11.2. The third-order valence-electron chi connectivity index (χ3n) is 5.88. The number of rotatable bonds is 7. The maximum absolute atomic E-state index is 13.2. The molecule has 3 aromatic carbocycles. The maximum Gasteiger partial charge on any atom is 0.307 e. The molecule has 0 aromatic heterocycles. The number of anilines is 1. The molecule has 0 aliphatic carbocycles. The molecule has 7 heteroatoms. The van der Waals surface area contributed by atoms with E-state index in [2.05, 4.69) is 0 Å². The highest BCUT2D eigenvalue weighted by Crippen LogP contribution is 2.42. The fourth-order valence-corrected chi connectivity index (χ4v) is 4.27. The summed E-state index contributed by atoms with van der Waals surface area (Å²) >= 11 is 0. The fourth-order valence-electron chi connectivity index (χ4n) is 4.27. The van der Waals surface area contributed by atoms with E-state index in [-0.39, 0.29) is 17.8 Å². The number of ketones is 1. The Kier molecular flexibility index (Phi) is 6.68. The van der Waals surface area contributed by atoms with Crippen molar-refractivity contribution in [3.05, 3.63) is 101 Å². The van der Waals surface area contributed by atoms with E-state index in [1.807, 2.05) is 19.9 Å². The van der Waals surface area contributed by atoms with Gasteiger partial charge in [0.2, 0.25) is 0 Å². The smallest absolute Gasteiger partial charge is 0.307 e. The van der Waals surface area contributed by atoms with Gasteiger partial charge in [0.1, 0.15) is 11.5 Å². The van der Waals surface area contributed by atoms with Gasteiger partial charge in [-0.2, -0.15) is 0 Å². The minimum atomic E-state index is -0.965. The number of carbonyl (C=O) groups excluding carboxylic acids is 2. The van der Waals surface area contributed by atoms with Crippen LogP contribution in [-0.4, -0.2) is 34.5 Å². The summed E-state index contributed by atoms with van der Waals surface area (Å²) in [6.07, 6.45) is -0.154. The predicted molar refractivity (Wildman–Crippen MR) is 131 cm³/mol. The minimum Gasteiger partial charge on any atom is -0.507 e. The lowest BCUT2D eigenvalue weighted by molar-refractivity contribution is -0.136. The number of aliphatic hydroxyl groups excluding tert-OH is 1. The fraction of sp³-hybridized carbons (Fsp3) is 0.179. The number of ether oxygens (including phenoxy) is 1. The van der Waals surface area contributed by atoms with Crippen molar-refractivity contribution < 1.29 is 29.3 Å². The lowest BCUT2D eigenvalue weighted by atomic mass is 9.94. The molecule has 1 aliphatic rings. The molecule has 7 nitrogen and oxygen atoms in total. The molecular formula is C28H25NO6. The highest BCUT2D eigenvalue weighted by Gasteiger charge is 2.46. The molecule has 1 unspecified atom stereocenters. The largest absolute Gasteiger partial charge is 0.507 e. The van der Waals surface area contributed by atoms with Gasteiger partial charge in [0.05, 0.1) is 24.6 Å². The van der Waals surface area contributed by atoms with Crippen molar-refractivity contribution in [2.75, 3.05) is 11.5 Å². The van der Waals surface area contributed by atoms with E-state index in [0.717, 1.165) is 5.56 Å². The topological polar surface area (TPSA) is 104 Å². The summed E-state index contributed by atoms with van der Waals surface area (Å²) in [6, 6.07) is 19.7. The van der Waals surface area contributed by atoms with Crippen molar-refractivity contribution >= 4 is 29.1 Å². The van der Waals surface area contributed by atoms with Crippen molar-refractivity contribution in [3.63, 3.8) is 0 Å². The highest BCUT2D eigenvalue weighted by atomic mass is 16.5. The quantitative estimate of drug-likeness (QED) is 0.295. The number of aliphatic hydroxyl groups is 1. The van der Waals surface area contributed by atoms with E-state index in [1.54, 1.807) is 66.7 Å². The normalized spacial score (nSPS) is 17.0. The number of hydrogen-bond acceptors (Lipinski definition) is 5. The summed E-state index contributed by atoms with van der Waals surface area (Å²) in [4.78, 5) is 38.8. The minimum absolute atomic E-state index is 0.0145. The molecule has 1 aliphatic heterocycles. The van der Waals surface area contributed by atoms with Gasteiger partial charge in [0, 0.05) is 11.3 Å². The number of benzene rings is 3. The van der Waals surface area contributed by atoms with E-state index in [1.165, 1.54) is 4.90 Å². The lowest BCUT2D eigenvalue weighted by Crippen LogP contribution is -2.29. The third-order valence-corrected chi connectivity index (χ3v) is 5.88. The number of carboxylic acid groups (broad SMARTS) is 1. The first-order valence-corrected chi connectivity index (χ1v) is 11.2. The standard InChI is InChI=1S/C28H25NO6/c1-3-35-22-14-11-20(15-17(22)2)26(32)24-25(19-7-5-4-6-8-19)29(28(34)27(24)33)21-12-9-18(10-13-21)16-23(30)31/h4-15,25,32H,3,16H2,1-2H3,(H,30,31)/b26-24-. The van der Waals surface area contributed by atoms with Crippen molar-refractivity contribution in [1.82, 2.24) is 0 Å². The number of amides is 1. The summed E-state index contributed by atoms with van der Waals surface area (Å²) in [5.41, 5.74) is 2.83. The van der Waals surface area contributed by atoms with Gasteiger partial charge in [-0.1, -0.05) is 42.5 Å². The first kappa shape index (κ1) is 23.8. The molecule has 0 saturated carbocycles. The van der Waals surface area contributed by atoms with Crippen LogP contribution in [0.2, 0.25) is 0 Å². The number of Topliss-reactive ketones (excluding diaryl/α,β-unsaturated/α-hetero) is 1. The number of carboxylic acids is 1. The zero-order valence-corrected chi connectivity index (χ0v) is 19.4. The summed E-state index contributed by atoms with van der Waals surface area (Å²) in [5, 5.41) is 20.3. The first-order chi connectivity index (χ1) is 16.8. The van der Waals surface area contributed by atoms with Gasteiger partial charge in [-0.15, -0.1) is 0 Å². The van der Waals surface area contributed by atoms with E-state index in [0.29, 0.717) is 34.7 Å². The molecule has 1 fully saturated rings. The van der Waals surface area contributed by atoms with Crippen LogP contribution < -0.4 is 9.64 Å². The van der Waals surface area contributed by atoms with Crippen LogP contribution in [0.15, 0.2) is 78.4 Å². The van der Waals surface area contributed by atoms with Crippen molar-refractivity contribution in [2.24, 2.45) is 0 Å². The Bertz CT molecular complexity index is 1310. The van der Waals surface area contributed by atoms with E-state index in [9.17, 15) is 19.5 Å². The van der Waals surface area contributed by atoms with Gasteiger partial charge in [0.25, 0.3) is 11.7 Å². The molecule has 0 radical (unpaired) electrons. The maximum atomic E-state index is 13.2. The molecule has 4 rings (SSSR count). The van der Waals surface area contributed by atoms with Crippen LogP contribution >= 0.6 is 0 Å². The molecule has 1 amide bonds. The summed E-state index contributed by atoms with van der Waals surface area (Å²) in [7, 11) is 0. The highest BCUT2D eigenvalue weighted by molar-refractivity contribution is 6.51. The van der Waals surface area contributed by atoms with Crippen LogP contribution in [-0.2, 0) is 20.8 Å². The lowest BCUT2D eigenvalue weighted by Gasteiger charge is -2.25. The predicted octanol–water partition coefficient (Wildman–Crippen LogP) is 4.65. The van der Waals surface area contributed by atoms with E-state index in [4.69, 9.17) is 9.84 Å². The summed E-state index contributed by atoms with van der Waals surface area (Å²) in [5.74, 6) is -2.13. The molecule has 0 spiro atoms. The Labute approximate surface area is 202 Å². The summed E-state index contributed by atoms with van der Waals surface area (Å²) in [6.45, 7) is 4.22. The molecule has 0 bridgehead atoms. The molecule has 3 aromatic rings. The van der Waals surface area contributed by atoms with E-state index < -0.39 is 23.7 Å². The zero-order chi connectivity index (χ0) is 25.1. The van der Waals surface area contributed by atoms with Gasteiger partial charge in [-0.25, -0.2) is 0 Å². The van der Waals surface area contributed by atoms with Crippen molar-refractivity contribution in [1.29, 1.82) is 0 Å². The molecule has 1 atom stereocenters. The second-order valence-electron chi connectivity index (χ2n) is 8.23. The Hall–Kier alpha value is -4.39. The molecule has 1 heterocycles. The van der Waals surface area contributed by atoms with Crippen molar-refractivity contribution in [2.45, 2.75) is 26.3 Å². The Morgan fingerprint density at radius 3 is 2.26 bits per heavy atom. The van der Waals surface area contributed by atoms with Crippen LogP contribution in [0, 0.1) is 6.92 Å². The average molecular weight is 472 g/mol. The van der Waals surface area contributed by atoms with Gasteiger partial charge >= 0.3 is 5.97 Å². The number of aliphatic carboxylic acids is 1.